The van der Waals surface area contributed by atoms with Crippen molar-refractivity contribution in [3.05, 3.63) is 0 Å². The van der Waals surface area contributed by atoms with E-state index in [1.165, 1.54) is 4.90 Å². The van der Waals surface area contributed by atoms with Crippen molar-refractivity contribution in [2.24, 2.45) is 5.92 Å². The number of rotatable bonds is 9. The molecule has 0 spiro atoms. The van der Waals surface area contributed by atoms with E-state index in [0.717, 1.165) is 12.8 Å². The third-order valence-electron chi connectivity index (χ3n) is 3.44. The lowest BCUT2D eigenvalue weighted by Gasteiger charge is -2.23. The molecule has 7 heteroatoms. The lowest BCUT2D eigenvalue weighted by molar-refractivity contribution is -0.144. The van der Waals surface area contributed by atoms with Crippen LogP contribution in [-0.4, -0.2) is 53.7 Å². The van der Waals surface area contributed by atoms with Crippen LogP contribution < -0.4 is 5.32 Å². The molecule has 1 fully saturated rings. The predicted molar refractivity (Wildman–Crippen MR) is 75.8 cm³/mol. The van der Waals surface area contributed by atoms with E-state index in [1.54, 1.807) is 6.92 Å². The van der Waals surface area contributed by atoms with Crippen LogP contribution in [0.5, 0.6) is 0 Å². The van der Waals surface area contributed by atoms with Crippen LogP contribution in [0.1, 0.15) is 39.5 Å². The summed E-state index contributed by atoms with van der Waals surface area (Å²) in [4.78, 5) is 35.8. The fourth-order valence-corrected chi connectivity index (χ4v) is 2.04. The van der Waals surface area contributed by atoms with Gasteiger partial charge in [0.1, 0.15) is 6.54 Å². The molecule has 0 aromatic rings. The van der Waals surface area contributed by atoms with Gasteiger partial charge < -0.3 is 20.1 Å². The Hall–Kier alpha value is -1.79. The number of hydrogen-bond donors (Lipinski definition) is 2. The predicted octanol–water partition coefficient (Wildman–Crippen LogP) is 1.22. The maximum Gasteiger partial charge on any atom is 0.325 e. The molecule has 0 aromatic heterocycles. The molecule has 120 valence electrons. The van der Waals surface area contributed by atoms with Crippen LogP contribution in [0.3, 0.4) is 0 Å². The van der Waals surface area contributed by atoms with Crippen LogP contribution in [-0.2, 0) is 14.3 Å². The maximum absolute atomic E-state index is 12.1. The quantitative estimate of drug-likeness (QED) is 0.624. The van der Waals surface area contributed by atoms with E-state index in [9.17, 15) is 14.4 Å². The normalized spacial score (nSPS) is 15.1. The summed E-state index contributed by atoms with van der Waals surface area (Å²) in [5, 5.41) is 11.5. The second kappa shape index (κ2) is 8.49. The number of carboxylic acids is 1. The Morgan fingerprint density at radius 3 is 2.48 bits per heavy atom. The third-order valence-corrected chi connectivity index (χ3v) is 3.44. The van der Waals surface area contributed by atoms with Gasteiger partial charge in [-0.1, -0.05) is 13.3 Å². The first-order chi connectivity index (χ1) is 9.97. The van der Waals surface area contributed by atoms with E-state index in [4.69, 9.17) is 9.84 Å². The van der Waals surface area contributed by atoms with E-state index >= 15 is 0 Å². The Kier molecular flexibility index (Phi) is 6.98. The third kappa shape index (κ3) is 6.46. The zero-order chi connectivity index (χ0) is 15.8. The van der Waals surface area contributed by atoms with Crippen molar-refractivity contribution in [2.45, 2.75) is 45.6 Å². The van der Waals surface area contributed by atoms with Crippen LogP contribution in [0.15, 0.2) is 0 Å². The number of nitrogens with one attached hydrogen (secondary N) is 1. The number of nitrogens with zero attached hydrogens (tertiary/aromatic N) is 1. The van der Waals surface area contributed by atoms with Crippen LogP contribution >= 0.6 is 0 Å². The number of hydrogen-bond acceptors (Lipinski definition) is 4. The van der Waals surface area contributed by atoms with Crippen molar-refractivity contribution >= 4 is 18.0 Å². The molecule has 21 heavy (non-hydrogen) atoms. The SMILES string of the molecule is CCOC(=O)CN(C(=O)NCC(CC)CC(=O)O)C1CC1. The molecular weight excluding hydrogens is 276 g/mol. The average molecular weight is 300 g/mol. The van der Waals surface area contributed by atoms with Gasteiger partial charge in [-0.05, 0) is 25.7 Å². The minimum atomic E-state index is -0.873. The van der Waals surface area contributed by atoms with Crippen molar-refractivity contribution in [3.63, 3.8) is 0 Å². The summed E-state index contributed by atoms with van der Waals surface area (Å²) in [6.07, 6.45) is 2.48. The molecule has 1 rings (SSSR count). The van der Waals surface area contributed by atoms with Gasteiger partial charge in [0, 0.05) is 19.0 Å². The van der Waals surface area contributed by atoms with Gasteiger partial charge in [0.25, 0.3) is 0 Å². The molecule has 2 amide bonds. The maximum atomic E-state index is 12.1. The molecule has 1 unspecified atom stereocenters. The summed E-state index contributed by atoms with van der Waals surface area (Å²) in [5.41, 5.74) is 0. The Labute approximate surface area is 124 Å². The molecular formula is C14H24N2O5. The van der Waals surface area contributed by atoms with Crippen molar-refractivity contribution in [3.8, 4) is 0 Å². The Morgan fingerprint density at radius 2 is 2.00 bits per heavy atom. The standard InChI is InChI=1S/C14H24N2O5/c1-3-10(7-12(17)18)8-15-14(20)16(11-5-6-11)9-13(19)21-4-2/h10-11H,3-9H2,1-2H3,(H,15,20)(H,17,18). The summed E-state index contributed by atoms with van der Waals surface area (Å²) in [7, 11) is 0. The smallest absolute Gasteiger partial charge is 0.325 e. The van der Waals surface area contributed by atoms with Crippen molar-refractivity contribution in [1.82, 2.24) is 10.2 Å². The number of aliphatic carboxylic acids is 1. The van der Waals surface area contributed by atoms with Gasteiger partial charge in [0.15, 0.2) is 0 Å². The van der Waals surface area contributed by atoms with Crippen molar-refractivity contribution in [1.29, 1.82) is 0 Å². The lowest BCUT2D eigenvalue weighted by Crippen LogP contribution is -2.45. The molecule has 2 N–H and O–H groups in total. The van der Waals surface area contributed by atoms with Gasteiger partial charge >= 0.3 is 18.0 Å². The highest BCUT2D eigenvalue weighted by Gasteiger charge is 2.34. The zero-order valence-corrected chi connectivity index (χ0v) is 12.6. The molecule has 1 atom stereocenters. The van der Waals surface area contributed by atoms with E-state index in [0.29, 0.717) is 13.0 Å². The fourth-order valence-electron chi connectivity index (χ4n) is 2.04. The summed E-state index contributed by atoms with van der Waals surface area (Å²) < 4.78 is 4.86. The van der Waals surface area contributed by atoms with Gasteiger partial charge in [0.2, 0.25) is 0 Å². The number of ether oxygens (including phenoxy) is 1. The minimum absolute atomic E-state index is 0.0259. The fraction of sp³-hybridized carbons (Fsp3) is 0.786. The first kappa shape index (κ1) is 17.3. The highest BCUT2D eigenvalue weighted by molar-refractivity contribution is 5.81. The van der Waals surface area contributed by atoms with Gasteiger partial charge in [-0.15, -0.1) is 0 Å². The molecule has 1 aliphatic rings. The molecule has 1 saturated carbocycles. The van der Waals surface area contributed by atoms with Crippen LogP contribution in [0.2, 0.25) is 0 Å². The van der Waals surface area contributed by atoms with Gasteiger partial charge in [-0.2, -0.15) is 0 Å². The lowest BCUT2D eigenvalue weighted by atomic mass is 10.0. The minimum Gasteiger partial charge on any atom is -0.481 e. The number of carbonyl (C=O) groups is 3. The van der Waals surface area contributed by atoms with Gasteiger partial charge in [-0.3, -0.25) is 9.59 Å². The number of carbonyl (C=O) groups excluding carboxylic acids is 2. The first-order valence-electron chi connectivity index (χ1n) is 7.39. The molecule has 7 nitrogen and oxygen atoms in total. The average Bonchev–Trinajstić information content (AvgIpc) is 3.24. The second-order valence-corrected chi connectivity index (χ2v) is 5.22. The second-order valence-electron chi connectivity index (χ2n) is 5.22. The van der Waals surface area contributed by atoms with E-state index in [2.05, 4.69) is 5.32 Å². The zero-order valence-electron chi connectivity index (χ0n) is 12.6. The molecule has 0 radical (unpaired) electrons. The summed E-state index contributed by atoms with van der Waals surface area (Å²) in [6, 6.07) is -0.233. The Balaban J connectivity index is 2.45. The Bertz CT molecular complexity index is 382. The highest BCUT2D eigenvalue weighted by atomic mass is 16.5. The first-order valence-corrected chi connectivity index (χ1v) is 7.39. The van der Waals surface area contributed by atoms with Gasteiger partial charge in [0.05, 0.1) is 6.61 Å². The van der Waals surface area contributed by atoms with Crippen LogP contribution in [0, 0.1) is 5.92 Å². The largest absolute Gasteiger partial charge is 0.481 e. The molecule has 0 saturated heterocycles. The monoisotopic (exact) mass is 300 g/mol. The van der Waals surface area contributed by atoms with E-state index < -0.39 is 11.9 Å². The molecule has 0 bridgehead atoms. The number of esters is 1. The number of amides is 2. The molecule has 0 aliphatic heterocycles. The van der Waals surface area contributed by atoms with E-state index in [-0.39, 0.29) is 37.6 Å². The summed E-state index contributed by atoms with van der Waals surface area (Å²) in [5.74, 6) is -1.39. The molecule has 0 heterocycles. The summed E-state index contributed by atoms with van der Waals surface area (Å²) >= 11 is 0. The van der Waals surface area contributed by atoms with Crippen LogP contribution in [0.25, 0.3) is 0 Å². The number of carboxylic acid groups (broad SMARTS) is 1. The molecule has 0 aromatic carbocycles. The highest BCUT2D eigenvalue weighted by Crippen LogP contribution is 2.26. The molecule has 1 aliphatic carbocycles. The van der Waals surface area contributed by atoms with E-state index in [1.807, 2.05) is 6.92 Å². The Morgan fingerprint density at radius 1 is 1.33 bits per heavy atom. The van der Waals surface area contributed by atoms with Crippen molar-refractivity contribution < 1.29 is 24.2 Å². The topological polar surface area (TPSA) is 95.9 Å². The van der Waals surface area contributed by atoms with Gasteiger partial charge in [-0.25, -0.2) is 4.79 Å². The summed E-state index contributed by atoms with van der Waals surface area (Å²) in [6.45, 7) is 4.14. The van der Waals surface area contributed by atoms with Crippen molar-refractivity contribution in [2.75, 3.05) is 19.7 Å². The number of urea groups is 1. The van der Waals surface area contributed by atoms with Crippen LogP contribution in [0.4, 0.5) is 4.79 Å².